The van der Waals surface area contributed by atoms with Crippen molar-refractivity contribution in [3.8, 4) is 5.75 Å². The van der Waals surface area contributed by atoms with Gasteiger partial charge in [0.1, 0.15) is 0 Å². The Morgan fingerprint density at radius 1 is 1.43 bits per heavy atom. The molecule has 2 rings (SSSR count). The van der Waals surface area contributed by atoms with Crippen LogP contribution in [0.3, 0.4) is 0 Å². The van der Waals surface area contributed by atoms with Crippen molar-refractivity contribution < 1.29 is 21.9 Å². The molecular weight excluding hydrogens is 396 g/mol. The third kappa shape index (κ3) is 3.83. The summed E-state index contributed by atoms with van der Waals surface area (Å²) in [7, 11) is -4.03. The smallest absolute Gasteiger partial charge is 0.387 e. The van der Waals surface area contributed by atoms with Gasteiger partial charge in [-0.3, -0.25) is 4.72 Å². The van der Waals surface area contributed by atoms with Crippen LogP contribution in [0.1, 0.15) is 0 Å². The van der Waals surface area contributed by atoms with Gasteiger partial charge in [0, 0.05) is 5.02 Å². The summed E-state index contributed by atoms with van der Waals surface area (Å²) in [5.74, 6) is -0.377. The van der Waals surface area contributed by atoms with E-state index in [-0.39, 0.29) is 26.0 Å². The van der Waals surface area contributed by atoms with Gasteiger partial charge in [0.25, 0.3) is 10.0 Å². The van der Waals surface area contributed by atoms with E-state index in [1.54, 1.807) is 0 Å². The minimum absolute atomic E-state index is 0.0811. The molecule has 0 saturated heterocycles. The van der Waals surface area contributed by atoms with Gasteiger partial charge in [-0.15, -0.1) is 0 Å². The Kier molecular flexibility index (Phi) is 4.69. The lowest BCUT2D eigenvalue weighted by atomic mass is 10.3. The van der Waals surface area contributed by atoms with Crippen molar-refractivity contribution in [1.29, 1.82) is 0 Å². The highest BCUT2D eigenvalue weighted by Gasteiger charge is 2.21. The number of nitrogens with one attached hydrogen (secondary N) is 2. The van der Waals surface area contributed by atoms with E-state index in [0.717, 1.165) is 12.3 Å². The second-order valence-corrected chi connectivity index (χ2v) is 6.61. The summed E-state index contributed by atoms with van der Waals surface area (Å²) in [5, 5.41) is -0.104. The molecule has 1 aromatic carbocycles. The molecule has 0 aliphatic rings. The molecule has 6 nitrogen and oxygen atoms in total. The number of imidazole rings is 1. The van der Waals surface area contributed by atoms with Gasteiger partial charge in [0.15, 0.2) is 10.8 Å². The molecule has 0 aliphatic heterocycles. The van der Waals surface area contributed by atoms with Gasteiger partial charge in [0.2, 0.25) is 0 Å². The lowest BCUT2D eigenvalue weighted by molar-refractivity contribution is -0.0498. The number of hydrogen-bond donors (Lipinski definition) is 2. The number of halogens is 4. The molecule has 0 unspecified atom stereocenters. The average molecular weight is 403 g/mol. The first kappa shape index (κ1) is 16.0. The minimum Gasteiger partial charge on any atom is -0.431 e. The average Bonchev–Trinajstić information content (AvgIpc) is 2.87. The summed E-state index contributed by atoms with van der Waals surface area (Å²) in [5.41, 5.74) is -0.232. The fraction of sp³-hybridized carbons (Fsp3) is 0.100. The number of anilines is 1. The number of H-pyrrole nitrogens is 1. The normalized spacial score (nSPS) is 11.7. The third-order valence-corrected chi connectivity index (χ3v) is 4.32. The lowest BCUT2D eigenvalue weighted by Crippen LogP contribution is -2.15. The molecule has 2 N–H and O–H groups in total. The van der Waals surface area contributed by atoms with Crippen molar-refractivity contribution in [2.45, 2.75) is 11.6 Å². The van der Waals surface area contributed by atoms with E-state index < -0.39 is 16.6 Å². The molecule has 0 fully saturated rings. The number of sulfonamides is 1. The van der Waals surface area contributed by atoms with Crippen molar-refractivity contribution in [3.63, 3.8) is 0 Å². The maximum Gasteiger partial charge on any atom is 0.387 e. The third-order valence-electron chi connectivity index (χ3n) is 2.22. The highest BCUT2D eigenvalue weighted by atomic mass is 79.9. The Morgan fingerprint density at radius 2 is 2.14 bits per heavy atom. The van der Waals surface area contributed by atoms with Crippen molar-refractivity contribution in [2.24, 2.45) is 0 Å². The molecule has 0 atom stereocenters. The molecule has 21 heavy (non-hydrogen) atoms. The zero-order chi connectivity index (χ0) is 15.6. The Morgan fingerprint density at radius 3 is 2.71 bits per heavy atom. The summed E-state index contributed by atoms with van der Waals surface area (Å²) < 4.78 is 55.4. The highest BCUT2D eigenvalue weighted by Crippen LogP contribution is 2.38. The molecule has 1 aromatic heterocycles. The molecule has 114 valence electrons. The Bertz CT molecular complexity index is 740. The van der Waals surface area contributed by atoms with E-state index in [4.69, 9.17) is 11.6 Å². The van der Waals surface area contributed by atoms with Gasteiger partial charge >= 0.3 is 6.61 Å². The number of rotatable bonds is 5. The van der Waals surface area contributed by atoms with E-state index >= 15 is 0 Å². The van der Waals surface area contributed by atoms with Crippen LogP contribution in [0, 0.1) is 0 Å². The molecule has 1 heterocycles. The van der Waals surface area contributed by atoms with Gasteiger partial charge in [-0.05, 0) is 28.1 Å². The molecule has 11 heteroatoms. The molecular formula is C10H7BrClF2N3O3S. The van der Waals surface area contributed by atoms with Crippen LogP contribution in [0.25, 0.3) is 0 Å². The van der Waals surface area contributed by atoms with Crippen LogP contribution < -0.4 is 9.46 Å². The largest absolute Gasteiger partial charge is 0.431 e. The molecule has 0 radical (unpaired) electrons. The van der Waals surface area contributed by atoms with Crippen LogP contribution in [-0.2, 0) is 10.0 Å². The first-order chi connectivity index (χ1) is 9.79. The van der Waals surface area contributed by atoms with Gasteiger partial charge in [0.05, 0.1) is 22.7 Å². The summed E-state index contributed by atoms with van der Waals surface area (Å²) in [4.78, 5) is 5.97. The number of nitrogens with zero attached hydrogens (tertiary/aromatic N) is 1. The van der Waals surface area contributed by atoms with Crippen molar-refractivity contribution in [2.75, 3.05) is 4.72 Å². The first-order valence-corrected chi connectivity index (χ1v) is 7.90. The summed E-state index contributed by atoms with van der Waals surface area (Å²) in [6.07, 6.45) is 2.23. The topological polar surface area (TPSA) is 84.1 Å². The zero-order valence-electron chi connectivity index (χ0n) is 9.98. The predicted octanol–water partition coefficient (Wildman–Crippen LogP) is 3.23. The van der Waals surface area contributed by atoms with Gasteiger partial charge < -0.3 is 9.72 Å². The van der Waals surface area contributed by atoms with E-state index in [1.807, 2.05) is 0 Å². The standard InChI is InChI=1S/C10H7BrClF2N3O3S/c11-6-1-5(12)2-7(9(6)20-10(13)14)17-21(18,19)8-3-15-4-16-8/h1-4,10,17H,(H,15,16). The fourth-order valence-electron chi connectivity index (χ4n) is 1.43. The molecule has 2 aromatic rings. The lowest BCUT2D eigenvalue weighted by Gasteiger charge is -2.14. The molecule has 0 spiro atoms. The Hall–Kier alpha value is -1.39. The fourth-order valence-corrected chi connectivity index (χ4v) is 3.30. The summed E-state index contributed by atoms with van der Waals surface area (Å²) in [6, 6.07) is 2.45. The van der Waals surface area contributed by atoms with Crippen molar-refractivity contribution in [3.05, 3.63) is 34.2 Å². The quantitative estimate of drug-likeness (QED) is 0.804. The van der Waals surface area contributed by atoms with E-state index in [0.29, 0.717) is 0 Å². The number of aromatic nitrogens is 2. The van der Waals surface area contributed by atoms with Crippen LogP contribution in [0.2, 0.25) is 5.02 Å². The molecule has 0 amide bonds. The SMILES string of the molecule is O=S(=O)(Nc1cc(Cl)cc(Br)c1OC(F)F)c1cnc[nH]1. The second kappa shape index (κ2) is 6.16. The van der Waals surface area contributed by atoms with E-state index in [9.17, 15) is 17.2 Å². The van der Waals surface area contributed by atoms with Crippen LogP contribution in [0.15, 0.2) is 34.2 Å². The number of benzene rings is 1. The van der Waals surface area contributed by atoms with Crippen molar-refractivity contribution >= 4 is 43.2 Å². The summed E-state index contributed by atoms with van der Waals surface area (Å²) >= 11 is 8.77. The number of aromatic amines is 1. The molecule has 0 saturated carbocycles. The number of ether oxygens (including phenoxy) is 1. The van der Waals surface area contributed by atoms with Crippen LogP contribution in [0.4, 0.5) is 14.5 Å². The second-order valence-electron chi connectivity index (χ2n) is 3.66. The predicted molar refractivity (Wildman–Crippen MR) is 75.2 cm³/mol. The zero-order valence-corrected chi connectivity index (χ0v) is 13.1. The Labute approximate surface area is 131 Å². The Balaban J connectivity index is 2.44. The number of hydrogen-bond acceptors (Lipinski definition) is 4. The maximum absolute atomic E-state index is 12.4. The van der Waals surface area contributed by atoms with Crippen molar-refractivity contribution in [1.82, 2.24) is 9.97 Å². The highest BCUT2D eigenvalue weighted by molar-refractivity contribution is 9.10. The van der Waals surface area contributed by atoms with Gasteiger partial charge in [-0.25, -0.2) is 4.98 Å². The minimum atomic E-state index is -4.03. The van der Waals surface area contributed by atoms with Crippen LogP contribution >= 0.6 is 27.5 Å². The molecule has 0 aliphatic carbocycles. The van der Waals surface area contributed by atoms with Gasteiger partial charge in [-0.1, -0.05) is 11.6 Å². The van der Waals surface area contributed by atoms with Crippen LogP contribution in [-0.4, -0.2) is 25.0 Å². The van der Waals surface area contributed by atoms with E-state index in [1.165, 1.54) is 12.4 Å². The molecule has 0 bridgehead atoms. The first-order valence-electron chi connectivity index (χ1n) is 5.24. The summed E-state index contributed by atoms with van der Waals surface area (Å²) in [6.45, 7) is -3.13. The van der Waals surface area contributed by atoms with Crippen LogP contribution in [0.5, 0.6) is 5.75 Å². The van der Waals surface area contributed by atoms with Gasteiger partial charge in [-0.2, -0.15) is 17.2 Å². The maximum atomic E-state index is 12.4. The monoisotopic (exact) mass is 401 g/mol. The van der Waals surface area contributed by atoms with E-state index in [2.05, 4.69) is 35.4 Å². The number of alkyl halides is 2.